The lowest BCUT2D eigenvalue weighted by molar-refractivity contribution is -0.116. The number of fused-ring (bicyclic) bond motifs is 1. The first-order valence-corrected chi connectivity index (χ1v) is 13.0. The summed E-state index contributed by atoms with van der Waals surface area (Å²) >= 11 is 0. The summed E-state index contributed by atoms with van der Waals surface area (Å²) in [6, 6.07) is 9.06. The van der Waals surface area contributed by atoms with Crippen LogP contribution >= 0.6 is 0 Å². The topological polar surface area (TPSA) is 104 Å². The summed E-state index contributed by atoms with van der Waals surface area (Å²) in [5.74, 6) is -0.0886. The number of carbonyl (C=O) groups excluding carboxylic acids is 1. The van der Waals surface area contributed by atoms with E-state index in [4.69, 9.17) is 0 Å². The van der Waals surface area contributed by atoms with E-state index >= 15 is 0 Å². The molecule has 2 aromatic carbocycles. The Hall–Kier alpha value is -2.43. The average Bonchev–Trinajstić information content (AvgIpc) is 3.13. The van der Waals surface area contributed by atoms with Gasteiger partial charge in [-0.3, -0.25) is 9.52 Å². The first-order chi connectivity index (χ1) is 14.5. The predicted molar refractivity (Wildman–Crippen MR) is 120 cm³/mol. The maximum Gasteiger partial charge on any atom is 0.261 e. The van der Waals surface area contributed by atoms with E-state index < -0.39 is 20.0 Å². The van der Waals surface area contributed by atoms with Gasteiger partial charge in [-0.2, -0.15) is 4.31 Å². The molecule has 10 heteroatoms. The van der Waals surface area contributed by atoms with Crippen molar-refractivity contribution >= 4 is 37.3 Å². The van der Waals surface area contributed by atoms with Crippen LogP contribution in [0, 0.1) is 6.92 Å². The summed E-state index contributed by atoms with van der Waals surface area (Å²) in [6.45, 7) is 7.84. The number of aryl methyl sites for hydroxylation is 1. The molecule has 0 fully saturated rings. The Morgan fingerprint density at radius 3 is 2.29 bits per heavy atom. The van der Waals surface area contributed by atoms with Gasteiger partial charge in [-0.15, -0.1) is 0 Å². The highest BCUT2D eigenvalue weighted by atomic mass is 32.2. The van der Waals surface area contributed by atoms with Gasteiger partial charge in [0, 0.05) is 32.2 Å². The second-order valence-electron chi connectivity index (χ2n) is 7.38. The Morgan fingerprint density at radius 2 is 1.68 bits per heavy atom. The van der Waals surface area contributed by atoms with Crippen LogP contribution in [0.25, 0.3) is 0 Å². The van der Waals surface area contributed by atoms with E-state index in [0.29, 0.717) is 31.6 Å². The van der Waals surface area contributed by atoms with Crippen LogP contribution in [-0.2, 0) is 31.3 Å². The molecular formula is C21H27N3O5S2. The fourth-order valence-corrected chi connectivity index (χ4v) is 6.32. The zero-order valence-corrected chi connectivity index (χ0v) is 19.7. The van der Waals surface area contributed by atoms with Crippen molar-refractivity contribution in [2.75, 3.05) is 29.3 Å². The summed E-state index contributed by atoms with van der Waals surface area (Å²) in [4.78, 5) is 13.4. The molecule has 0 saturated heterocycles. The maximum atomic E-state index is 13.0. The molecule has 168 valence electrons. The fraction of sp³-hybridized carbons (Fsp3) is 0.381. The quantitative estimate of drug-likeness (QED) is 0.677. The predicted octanol–water partition coefficient (Wildman–Crippen LogP) is 2.74. The number of rotatable bonds is 7. The Morgan fingerprint density at radius 1 is 1.03 bits per heavy atom. The van der Waals surface area contributed by atoms with Crippen molar-refractivity contribution in [2.24, 2.45) is 0 Å². The molecule has 2 aromatic rings. The number of amides is 1. The zero-order valence-electron chi connectivity index (χ0n) is 18.0. The lowest BCUT2D eigenvalue weighted by Crippen LogP contribution is -2.30. The number of hydrogen-bond donors (Lipinski definition) is 1. The minimum atomic E-state index is -3.95. The van der Waals surface area contributed by atoms with Crippen molar-refractivity contribution in [3.8, 4) is 0 Å². The fourth-order valence-electron chi connectivity index (χ4n) is 3.66. The van der Waals surface area contributed by atoms with Gasteiger partial charge in [-0.1, -0.05) is 19.9 Å². The number of nitrogens with zero attached hydrogens (tertiary/aromatic N) is 2. The van der Waals surface area contributed by atoms with Gasteiger partial charge in [0.1, 0.15) is 0 Å². The Balaban J connectivity index is 1.95. The molecule has 8 nitrogen and oxygen atoms in total. The normalized spacial score (nSPS) is 14.0. The maximum absolute atomic E-state index is 13.0. The number of carbonyl (C=O) groups is 1. The van der Waals surface area contributed by atoms with Crippen LogP contribution in [0.2, 0.25) is 0 Å². The third-order valence-corrected chi connectivity index (χ3v) is 8.84. The highest BCUT2D eigenvalue weighted by molar-refractivity contribution is 7.92. The summed E-state index contributed by atoms with van der Waals surface area (Å²) in [5.41, 5.74) is 2.31. The molecule has 1 amide bonds. The van der Waals surface area contributed by atoms with E-state index in [-0.39, 0.29) is 21.4 Å². The molecule has 3 rings (SSSR count). The van der Waals surface area contributed by atoms with Gasteiger partial charge in [0.2, 0.25) is 15.9 Å². The molecule has 0 atom stereocenters. The molecule has 0 radical (unpaired) electrons. The van der Waals surface area contributed by atoms with Crippen molar-refractivity contribution in [3.63, 3.8) is 0 Å². The lowest BCUT2D eigenvalue weighted by Gasteiger charge is -2.20. The minimum absolute atomic E-state index is 0.0329. The molecule has 0 bridgehead atoms. The summed E-state index contributed by atoms with van der Waals surface area (Å²) in [7, 11) is -7.67. The largest absolute Gasteiger partial charge is 0.312 e. The highest BCUT2D eigenvalue weighted by Gasteiger charge is 2.26. The second-order valence-corrected chi connectivity index (χ2v) is 11.0. The lowest BCUT2D eigenvalue weighted by atomic mass is 10.2. The van der Waals surface area contributed by atoms with E-state index in [0.717, 1.165) is 11.3 Å². The smallest absolute Gasteiger partial charge is 0.261 e. The van der Waals surface area contributed by atoms with Gasteiger partial charge >= 0.3 is 0 Å². The van der Waals surface area contributed by atoms with Crippen molar-refractivity contribution < 1.29 is 21.6 Å². The number of anilines is 2. The molecule has 1 aliphatic rings. The number of sulfonamides is 2. The van der Waals surface area contributed by atoms with Crippen LogP contribution in [0.3, 0.4) is 0 Å². The molecule has 31 heavy (non-hydrogen) atoms. The van der Waals surface area contributed by atoms with Gasteiger partial charge in [-0.25, -0.2) is 16.8 Å². The number of nitrogens with one attached hydrogen (secondary N) is 1. The molecule has 0 unspecified atom stereocenters. The van der Waals surface area contributed by atoms with Gasteiger partial charge < -0.3 is 4.90 Å². The summed E-state index contributed by atoms with van der Waals surface area (Å²) in [5, 5.41) is 0. The van der Waals surface area contributed by atoms with E-state index in [1.54, 1.807) is 43.9 Å². The van der Waals surface area contributed by atoms with Crippen LogP contribution in [0.5, 0.6) is 0 Å². The monoisotopic (exact) mass is 465 g/mol. The Labute approximate surface area is 184 Å². The number of hydrogen-bond acceptors (Lipinski definition) is 5. The third-order valence-electron chi connectivity index (χ3n) is 5.43. The Bertz CT molecular complexity index is 1220. The van der Waals surface area contributed by atoms with Gasteiger partial charge in [0.15, 0.2) is 0 Å². The van der Waals surface area contributed by atoms with Gasteiger partial charge in [0.05, 0.1) is 15.5 Å². The first kappa shape index (κ1) is 23.2. The molecular weight excluding hydrogens is 438 g/mol. The number of benzene rings is 2. The van der Waals surface area contributed by atoms with E-state index in [1.807, 2.05) is 0 Å². The third kappa shape index (κ3) is 4.46. The second kappa shape index (κ2) is 8.60. The van der Waals surface area contributed by atoms with Crippen LogP contribution in [0.4, 0.5) is 11.4 Å². The van der Waals surface area contributed by atoms with E-state index in [1.165, 1.54) is 29.4 Å². The minimum Gasteiger partial charge on any atom is -0.312 e. The zero-order chi connectivity index (χ0) is 23.0. The van der Waals surface area contributed by atoms with Crippen LogP contribution in [0.15, 0.2) is 46.2 Å². The van der Waals surface area contributed by atoms with Crippen LogP contribution < -0.4 is 9.62 Å². The summed E-state index contributed by atoms with van der Waals surface area (Å²) in [6.07, 6.45) is 0.578. The molecule has 0 spiro atoms. The van der Waals surface area contributed by atoms with Crippen molar-refractivity contribution in [3.05, 3.63) is 47.5 Å². The first-order valence-electron chi connectivity index (χ1n) is 10.1. The highest BCUT2D eigenvalue weighted by Crippen LogP contribution is 2.31. The molecule has 1 aliphatic heterocycles. The van der Waals surface area contributed by atoms with Crippen LogP contribution in [-0.4, -0.2) is 46.7 Å². The van der Waals surface area contributed by atoms with E-state index in [9.17, 15) is 21.6 Å². The molecule has 1 heterocycles. The SMILES string of the molecule is CCN(CC)S(=O)(=O)c1ccc(C)c(NS(=O)(=O)c2ccc3c(c2)CCN3C(C)=O)c1. The van der Waals surface area contributed by atoms with Gasteiger partial charge in [-0.05, 0) is 54.8 Å². The van der Waals surface area contributed by atoms with Crippen molar-refractivity contribution in [1.29, 1.82) is 0 Å². The van der Waals surface area contributed by atoms with Crippen molar-refractivity contribution in [1.82, 2.24) is 4.31 Å². The summed E-state index contributed by atoms with van der Waals surface area (Å²) < 4.78 is 55.5. The molecule has 0 saturated carbocycles. The van der Waals surface area contributed by atoms with Crippen LogP contribution in [0.1, 0.15) is 31.9 Å². The average molecular weight is 466 g/mol. The Kier molecular flexibility index (Phi) is 6.45. The molecule has 0 aromatic heterocycles. The molecule has 0 aliphatic carbocycles. The van der Waals surface area contributed by atoms with E-state index in [2.05, 4.69) is 4.72 Å². The standard InChI is InChI=1S/C21H27N3O5S2/c1-5-23(6-2)31(28,29)19-8-7-15(3)20(14-19)22-30(26,27)18-9-10-21-17(13-18)11-12-24(21)16(4)25/h7-10,13-14,22H,5-6,11-12H2,1-4H3. The van der Waals surface area contributed by atoms with Gasteiger partial charge in [0.25, 0.3) is 10.0 Å². The van der Waals surface area contributed by atoms with Crippen molar-refractivity contribution in [2.45, 2.75) is 43.9 Å². The molecule has 1 N–H and O–H groups in total.